The molecule has 2 N–H and O–H groups in total. The topological polar surface area (TPSA) is 71.1 Å². The molecule has 5 nitrogen and oxygen atoms in total. The molecule has 21 heavy (non-hydrogen) atoms. The van der Waals surface area contributed by atoms with Crippen molar-refractivity contribution < 1.29 is 9.59 Å². The van der Waals surface area contributed by atoms with E-state index < -0.39 is 0 Å². The lowest BCUT2D eigenvalue weighted by molar-refractivity contribution is 0.0942. The van der Waals surface area contributed by atoms with E-state index in [1.54, 1.807) is 42.6 Å². The fourth-order valence-electron chi connectivity index (χ4n) is 1.75. The minimum absolute atomic E-state index is 0.0856. The van der Waals surface area contributed by atoms with E-state index in [1.807, 2.05) is 13.8 Å². The molecule has 2 amide bonds. The van der Waals surface area contributed by atoms with Crippen LogP contribution in [0.2, 0.25) is 0 Å². The van der Waals surface area contributed by atoms with Gasteiger partial charge in [0.15, 0.2) is 0 Å². The van der Waals surface area contributed by atoms with Crippen molar-refractivity contribution in [1.82, 2.24) is 10.3 Å². The highest BCUT2D eigenvalue weighted by Gasteiger charge is 2.08. The third-order valence-corrected chi connectivity index (χ3v) is 2.75. The Kier molecular flexibility index (Phi) is 4.66. The molecule has 0 aliphatic carbocycles. The number of nitrogens with zero attached hydrogens (tertiary/aromatic N) is 1. The van der Waals surface area contributed by atoms with Crippen molar-refractivity contribution >= 4 is 17.5 Å². The molecule has 0 saturated heterocycles. The normalized spacial score (nSPS) is 10.2. The predicted molar refractivity (Wildman–Crippen MR) is 81.2 cm³/mol. The van der Waals surface area contributed by atoms with E-state index in [4.69, 9.17) is 0 Å². The Labute approximate surface area is 123 Å². The Morgan fingerprint density at radius 2 is 1.71 bits per heavy atom. The second-order valence-corrected chi connectivity index (χ2v) is 4.90. The third-order valence-electron chi connectivity index (χ3n) is 2.75. The van der Waals surface area contributed by atoms with Crippen LogP contribution in [0.15, 0.2) is 48.8 Å². The molecule has 108 valence electrons. The maximum atomic E-state index is 11.9. The van der Waals surface area contributed by atoms with Crippen molar-refractivity contribution in [3.05, 3.63) is 59.9 Å². The maximum absolute atomic E-state index is 11.9. The number of benzene rings is 1. The zero-order valence-electron chi connectivity index (χ0n) is 12.0. The van der Waals surface area contributed by atoms with Gasteiger partial charge in [0.05, 0.1) is 5.56 Å². The van der Waals surface area contributed by atoms with Crippen LogP contribution in [0.25, 0.3) is 0 Å². The Morgan fingerprint density at radius 3 is 2.29 bits per heavy atom. The molecule has 2 aromatic rings. The van der Waals surface area contributed by atoms with E-state index in [1.165, 1.54) is 6.20 Å². The van der Waals surface area contributed by atoms with E-state index in [0.29, 0.717) is 16.8 Å². The number of rotatable bonds is 4. The summed E-state index contributed by atoms with van der Waals surface area (Å²) >= 11 is 0. The van der Waals surface area contributed by atoms with Gasteiger partial charge >= 0.3 is 0 Å². The van der Waals surface area contributed by atoms with Crippen molar-refractivity contribution in [2.24, 2.45) is 0 Å². The van der Waals surface area contributed by atoms with Gasteiger partial charge in [-0.15, -0.1) is 0 Å². The number of amides is 2. The zero-order valence-corrected chi connectivity index (χ0v) is 12.0. The van der Waals surface area contributed by atoms with E-state index in [9.17, 15) is 9.59 Å². The number of carbonyl (C=O) groups is 2. The molecule has 0 spiro atoms. The molecular weight excluding hydrogens is 266 g/mol. The van der Waals surface area contributed by atoms with E-state index in [2.05, 4.69) is 15.6 Å². The van der Waals surface area contributed by atoms with Crippen LogP contribution < -0.4 is 10.6 Å². The minimum atomic E-state index is -0.234. The average molecular weight is 283 g/mol. The van der Waals surface area contributed by atoms with Gasteiger partial charge in [-0.25, -0.2) is 0 Å². The number of anilines is 1. The lowest BCUT2D eigenvalue weighted by Crippen LogP contribution is -2.30. The molecule has 0 saturated carbocycles. The van der Waals surface area contributed by atoms with E-state index >= 15 is 0 Å². The first kappa shape index (κ1) is 14.7. The summed E-state index contributed by atoms with van der Waals surface area (Å²) < 4.78 is 0. The lowest BCUT2D eigenvalue weighted by Gasteiger charge is -2.09. The molecule has 1 aromatic carbocycles. The van der Waals surface area contributed by atoms with Gasteiger partial charge in [0, 0.05) is 29.7 Å². The Bertz CT molecular complexity index is 622. The molecule has 1 aromatic heterocycles. The van der Waals surface area contributed by atoms with Crippen LogP contribution >= 0.6 is 0 Å². The summed E-state index contributed by atoms with van der Waals surface area (Å²) in [4.78, 5) is 27.6. The number of pyridine rings is 1. The SMILES string of the molecule is CC(C)NC(=O)c1ccc(NC(=O)c2cccnc2)cc1. The monoisotopic (exact) mass is 283 g/mol. The van der Waals surface area contributed by atoms with Crippen LogP contribution in [-0.2, 0) is 0 Å². The van der Waals surface area contributed by atoms with Crippen molar-refractivity contribution in [2.45, 2.75) is 19.9 Å². The van der Waals surface area contributed by atoms with Crippen LogP contribution in [0.3, 0.4) is 0 Å². The van der Waals surface area contributed by atoms with Gasteiger partial charge in [-0.3, -0.25) is 14.6 Å². The molecular formula is C16H17N3O2. The van der Waals surface area contributed by atoms with Gasteiger partial charge in [-0.1, -0.05) is 0 Å². The first-order valence-electron chi connectivity index (χ1n) is 6.68. The highest BCUT2D eigenvalue weighted by atomic mass is 16.2. The lowest BCUT2D eigenvalue weighted by atomic mass is 10.1. The number of hydrogen-bond acceptors (Lipinski definition) is 3. The molecule has 0 aliphatic heterocycles. The Morgan fingerprint density at radius 1 is 1.00 bits per heavy atom. The average Bonchev–Trinajstić information content (AvgIpc) is 2.48. The highest BCUT2D eigenvalue weighted by Crippen LogP contribution is 2.11. The van der Waals surface area contributed by atoms with Crippen LogP contribution in [0.5, 0.6) is 0 Å². The van der Waals surface area contributed by atoms with Crippen molar-refractivity contribution in [3.63, 3.8) is 0 Å². The third kappa shape index (κ3) is 4.14. The molecule has 0 radical (unpaired) electrons. The number of nitrogens with one attached hydrogen (secondary N) is 2. The van der Waals surface area contributed by atoms with Crippen molar-refractivity contribution in [2.75, 3.05) is 5.32 Å². The molecule has 0 unspecified atom stereocenters. The number of carbonyl (C=O) groups excluding carboxylic acids is 2. The second-order valence-electron chi connectivity index (χ2n) is 4.90. The van der Waals surface area contributed by atoms with Gasteiger partial charge in [-0.2, -0.15) is 0 Å². The van der Waals surface area contributed by atoms with E-state index in [-0.39, 0.29) is 17.9 Å². The molecule has 0 bridgehead atoms. The first-order valence-corrected chi connectivity index (χ1v) is 6.68. The maximum Gasteiger partial charge on any atom is 0.257 e. The van der Waals surface area contributed by atoms with Gasteiger partial charge in [0.25, 0.3) is 11.8 Å². The standard InChI is InChI=1S/C16H17N3O2/c1-11(2)18-15(20)12-5-7-14(8-6-12)19-16(21)13-4-3-9-17-10-13/h3-11H,1-2H3,(H,18,20)(H,19,21). The Balaban J connectivity index is 2.03. The zero-order chi connectivity index (χ0) is 15.2. The first-order chi connectivity index (χ1) is 10.1. The van der Waals surface area contributed by atoms with Gasteiger partial charge in [-0.05, 0) is 50.2 Å². The smallest absolute Gasteiger partial charge is 0.257 e. The minimum Gasteiger partial charge on any atom is -0.350 e. The fraction of sp³-hybridized carbons (Fsp3) is 0.188. The summed E-state index contributed by atoms with van der Waals surface area (Å²) in [6.07, 6.45) is 3.11. The summed E-state index contributed by atoms with van der Waals surface area (Å²) in [5, 5.41) is 5.57. The fourth-order valence-corrected chi connectivity index (χ4v) is 1.75. The summed E-state index contributed by atoms with van der Waals surface area (Å²) in [6, 6.07) is 10.2. The van der Waals surface area contributed by atoms with Crippen LogP contribution in [-0.4, -0.2) is 22.8 Å². The van der Waals surface area contributed by atoms with Gasteiger partial charge in [0.1, 0.15) is 0 Å². The van der Waals surface area contributed by atoms with Crippen LogP contribution in [0.1, 0.15) is 34.6 Å². The molecule has 1 heterocycles. The van der Waals surface area contributed by atoms with Gasteiger partial charge < -0.3 is 10.6 Å². The van der Waals surface area contributed by atoms with Gasteiger partial charge in [0.2, 0.25) is 0 Å². The molecule has 0 aliphatic rings. The summed E-state index contributed by atoms with van der Waals surface area (Å²) in [5.41, 5.74) is 1.67. The predicted octanol–water partition coefficient (Wildman–Crippen LogP) is 2.47. The van der Waals surface area contributed by atoms with Crippen molar-refractivity contribution in [3.8, 4) is 0 Å². The van der Waals surface area contributed by atoms with Crippen LogP contribution in [0, 0.1) is 0 Å². The highest BCUT2D eigenvalue weighted by molar-refractivity contribution is 6.04. The summed E-state index contributed by atoms with van der Waals surface area (Å²) in [7, 11) is 0. The molecule has 5 heteroatoms. The summed E-state index contributed by atoms with van der Waals surface area (Å²) in [5.74, 6) is -0.363. The number of aromatic nitrogens is 1. The van der Waals surface area contributed by atoms with E-state index in [0.717, 1.165) is 0 Å². The quantitative estimate of drug-likeness (QED) is 0.905. The van der Waals surface area contributed by atoms with Crippen molar-refractivity contribution in [1.29, 1.82) is 0 Å². The molecule has 0 atom stereocenters. The second kappa shape index (κ2) is 6.65. The van der Waals surface area contributed by atoms with Crippen LogP contribution in [0.4, 0.5) is 5.69 Å². The molecule has 0 fully saturated rings. The summed E-state index contributed by atoms with van der Waals surface area (Å²) in [6.45, 7) is 3.81. The largest absolute Gasteiger partial charge is 0.350 e. The number of hydrogen-bond donors (Lipinski definition) is 2. The Hall–Kier alpha value is -2.69. The molecule has 2 rings (SSSR count).